The lowest BCUT2D eigenvalue weighted by molar-refractivity contribution is -0.280. The van der Waals surface area contributed by atoms with E-state index in [9.17, 15) is 40.5 Å². The average Bonchev–Trinajstić information content (AvgIpc) is 3.59. The summed E-state index contributed by atoms with van der Waals surface area (Å²) in [7, 11) is 0. The van der Waals surface area contributed by atoms with Crippen LogP contribution in [0.5, 0.6) is 0 Å². The van der Waals surface area contributed by atoms with Gasteiger partial charge >= 0.3 is 5.97 Å². The van der Waals surface area contributed by atoms with Crippen LogP contribution in [0.15, 0.2) is 0 Å². The highest BCUT2D eigenvalue weighted by molar-refractivity contribution is 5.73. The summed E-state index contributed by atoms with van der Waals surface area (Å²) in [5.41, 5.74) is 0. The largest absolute Gasteiger partial charge is 0.480 e. The summed E-state index contributed by atoms with van der Waals surface area (Å²) in [5, 5.41) is 81.8. The molecule has 36 heavy (non-hydrogen) atoms. The van der Waals surface area contributed by atoms with Crippen LogP contribution < -0.4 is 5.32 Å². The molecule has 0 bridgehead atoms. The van der Waals surface area contributed by atoms with Crippen molar-refractivity contribution in [3.8, 4) is 0 Å². The summed E-state index contributed by atoms with van der Waals surface area (Å²) in [6.45, 7) is -1.64. The molecule has 0 aromatic carbocycles. The predicted molar refractivity (Wildman–Crippen MR) is 110 cm³/mol. The topological polar surface area (TPSA) is 246 Å². The molecule has 4 fully saturated rings. The van der Waals surface area contributed by atoms with E-state index < -0.39 is 112 Å². The Morgan fingerprint density at radius 3 is 1.67 bits per heavy atom. The van der Waals surface area contributed by atoms with Gasteiger partial charge in [0, 0.05) is 13.0 Å². The Balaban J connectivity index is 1.46. The second-order valence-corrected chi connectivity index (χ2v) is 9.13. The standard InChI is InChI=1S/C20H33NO15/c22-3-8-11(25)14(28)18(32-8)35-16-13(27)10(5-24)34-20(16)36-15-12(26)9(4-23)33-19(15)31-6-1-7(17(29)30)21-2-6/h6-16,18-28H,1-5H2,(H,29,30). The van der Waals surface area contributed by atoms with Crippen LogP contribution in [0.2, 0.25) is 0 Å². The highest BCUT2D eigenvalue weighted by atomic mass is 16.8. The first-order chi connectivity index (χ1) is 17.2. The number of aliphatic hydroxyl groups excluding tert-OH is 7. The Morgan fingerprint density at radius 2 is 1.19 bits per heavy atom. The number of carboxylic acids is 1. The lowest BCUT2D eigenvalue weighted by Gasteiger charge is -2.30. The van der Waals surface area contributed by atoms with Gasteiger partial charge in [0.2, 0.25) is 0 Å². The highest BCUT2D eigenvalue weighted by Gasteiger charge is 2.54. The summed E-state index contributed by atoms with van der Waals surface area (Å²) < 4.78 is 33.6. The van der Waals surface area contributed by atoms with E-state index in [0.29, 0.717) is 0 Å². The molecule has 16 heteroatoms. The molecule has 208 valence electrons. The van der Waals surface area contributed by atoms with Gasteiger partial charge in [0.1, 0.15) is 61.0 Å². The molecule has 4 aliphatic heterocycles. The molecule has 0 aromatic heterocycles. The van der Waals surface area contributed by atoms with Gasteiger partial charge in [-0.05, 0) is 0 Å². The predicted octanol–water partition coefficient (Wildman–Crippen LogP) is -5.82. The van der Waals surface area contributed by atoms with Crippen molar-refractivity contribution in [3.05, 3.63) is 0 Å². The van der Waals surface area contributed by atoms with Gasteiger partial charge in [-0.3, -0.25) is 4.79 Å². The first-order valence-corrected chi connectivity index (χ1v) is 11.6. The molecule has 0 amide bonds. The lowest BCUT2D eigenvalue weighted by Crippen LogP contribution is -2.47. The summed E-state index contributed by atoms with van der Waals surface area (Å²) in [4.78, 5) is 11.2. The molecule has 0 aromatic rings. The third-order valence-electron chi connectivity index (χ3n) is 6.75. The first kappa shape index (κ1) is 27.9. The Kier molecular flexibility index (Phi) is 9.12. The first-order valence-electron chi connectivity index (χ1n) is 11.6. The number of aliphatic carboxylic acids is 1. The number of rotatable bonds is 10. The number of nitrogens with one attached hydrogen (secondary N) is 1. The van der Waals surface area contributed by atoms with Crippen molar-refractivity contribution in [2.24, 2.45) is 0 Å². The average molecular weight is 527 g/mol. The van der Waals surface area contributed by atoms with Gasteiger partial charge < -0.3 is 74.6 Å². The van der Waals surface area contributed by atoms with Crippen molar-refractivity contribution in [2.75, 3.05) is 26.4 Å². The Morgan fingerprint density at radius 1 is 0.722 bits per heavy atom. The van der Waals surface area contributed by atoms with Crippen LogP contribution in [-0.2, 0) is 33.2 Å². The van der Waals surface area contributed by atoms with E-state index in [-0.39, 0.29) is 13.0 Å². The number of hydrogen-bond donors (Lipinski definition) is 9. The van der Waals surface area contributed by atoms with Crippen molar-refractivity contribution in [1.29, 1.82) is 0 Å². The Bertz CT molecular complexity index is 746. The molecule has 4 saturated heterocycles. The van der Waals surface area contributed by atoms with Crippen molar-refractivity contribution in [1.82, 2.24) is 5.32 Å². The van der Waals surface area contributed by atoms with Gasteiger partial charge in [-0.1, -0.05) is 0 Å². The summed E-state index contributed by atoms with van der Waals surface area (Å²) in [6, 6.07) is -0.832. The third-order valence-corrected chi connectivity index (χ3v) is 6.75. The maximum atomic E-state index is 11.2. The van der Waals surface area contributed by atoms with Crippen molar-refractivity contribution in [3.63, 3.8) is 0 Å². The lowest BCUT2D eigenvalue weighted by atomic mass is 10.1. The molecule has 0 aliphatic carbocycles. The zero-order valence-corrected chi connectivity index (χ0v) is 19.1. The minimum Gasteiger partial charge on any atom is -0.480 e. The van der Waals surface area contributed by atoms with Crippen LogP contribution in [0.3, 0.4) is 0 Å². The van der Waals surface area contributed by atoms with Crippen LogP contribution in [-0.4, -0.2) is 159 Å². The Hall–Kier alpha value is -1.09. The van der Waals surface area contributed by atoms with E-state index in [1.54, 1.807) is 0 Å². The molecule has 16 nitrogen and oxygen atoms in total. The molecule has 0 spiro atoms. The van der Waals surface area contributed by atoms with Gasteiger partial charge in [-0.25, -0.2) is 0 Å². The fraction of sp³-hybridized carbons (Fsp3) is 0.950. The summed E-state index contributed by atoms with van der Waals surface area (Å²) in [5.74, 6) is -1.05. The minimum atomic E-state index is -1.57. The fourth-order valence-electron chi connectivity index (χ4n) is 4.69. The molecule has 9 N–H and O–H groups in total. The summed E-state index contributed by atoms with van der Waals surface area (Å²) >= 11 is 0. The number of hydrogen-bond acceptors (Lipinski definition) is 15. The third kappa shape index (κ3) is 5.52. The number of aliphatic hydroxyl groups is 7. The highest BCUT2D eigenvalue weighted by Crippen LogP contribution is 2.34. The van der Waals surface area contributed by atoms with Gasteiger partial charge in [-0.2, -0.15) is 0 Å². The molecule has 0 radical (unpaired) electrons. The van der Waals surface area contributed by atoms with Crippen LogP contribution in [0.25, 0.3) is 0 Å². The van der Waals surface area contributed by atoms with Crippen LogP contribution in [0.4, 0.5) is 0 Å². The normalized spacial score (nSPS) is 49.2. The van der Waals surface area contributed by atoms with Crippen LogP contribution >= 0.6 is 0 Å². The summed E-state index contributed by atoms with van der Waals surface area (Å²) in [6.07, 6.45) is -16.8. The van der Waals surface area contributed by atoms with E-state index in [4.69, 9.17) is 33.5 Å². The SMILES string of the molecule is O=C(O)C1CC(OC2OC(CO)C(O)C2OC2OC(CO)C(O)C2OC2OC(CO)C(O)C2O)CN1. The molecule has 4 rings (SSSR count). The molecule has 4 heterocycles. The van der Waals surface area contributed by atoms with Gasteiger partial charge in [0.25, 0.3) is 0 Å². The van der Waals surface area contributed by atoms with Crippen LogP contribution in [0, 0.1) is 0 Å². The fourth-order valence-corrected chi connectivity index (χ4v) is 4.69. The molecular formula is C20H33NO15. The minimum absolute atomic E-state index is 0.115. The van der Waals surface area contributed by atoms with E-state index in [0.717, 1.165) is 0 Å². The second-order valence-electron chi connectivity index (χ2n) is 9.13. The maximum Gasteiger partial charge on any atom is 0.320 e. The number of ether oxygens (including phenoxy) is 6. The second kappa shape index (κ2) is 11.7. The quantitative estimate of drug-likeness (QED) is 0.128. The van der Waals surface area contributed by atoms with E-state index in [1.807, 2.05) is 0 Å². The van der Waals surface area contributed by atoms with Gasteiger partial charge in [0.15, 0.2) is 18.9 Å². The van der Waals surface area contributed by atoms with Crippen molar-refractivity contribution >= 4 is 5.97 Å². The zero-order valence-electron chi connectivity index (χ0n) is 19.1. The monoisotopic (exact) mass is 527 g/mol. The molecule has 4 aliphatic rings. The molecule has 14 unspecified atom stereocenters. The van der Waals surface area contributed by atoms with E-state index in [2.05, 4.69) is 5.32 Å². The van der Waals surface area contributed by atoms with Gasteiger partial charge in [0.05, 0.1) is 25.9 Å². The van der Waals surface area contributed by atoms with Crippen LogP contribution in [0.1, 0.15) is 6.42 Å². The number of carbonyl (C=O) groups is 1. The zero-order chi connectivity index (χ0) is 26.1. The number of carboxylic acid groups (broad SMARTS) is 1. The Labute approximate surface area is 204 Å². The van der Waals surface area contributed by atoms with Crippen molar-refractivity contribution < 1.29 is 74.1 Å². The maximum absolute atomic E-state index is 11.2. The van der Waals surface area contributed by atoms with E-state index in [1.165, 1.54) is 0 Å². The van der Waals surface area contributed by atoms with E-state index >= 15 is 0 Å². The molecule has 14 atom stereocenters. The molecular weight excluding hydrogens is 494 g/mol. The molecule has 0 saturated carbocycles. The smallest absolute Gasteiger partial charge is 0.320 e. The van der Waals surface area contributed by atoms with Crippen molar-refractivity contribution in [2.45, 2.75) is 92.4 Å². The van der Waals surface area contributed by atoms with Gasteiger partial charge in [-0.15, -0.1) is 0 Å².